The van der Waals surface area contributed by atoms with Gasteiger partial charge < -0.3 is 10.1 Å². The molecule has 0 aliphatic carbocycles. The number of hydrogen-bond acceptors (Lipinski definition) is 4. The average Bonchev–Trinajstić information content (AvgIpc) is 3.18. The summed E-state index contributed by atoms with van der Waals surface area (Å²) >= 11 is 0. The first kappa shape index (κ1) is 20.3. The molecule has 1 aromatic heterocycles. The lowest BCUT2D eigenvalue weighted by atomic mass is 10.1. The zero-order valence-electron chi connectivity index (χ0n) is 16.9. The van der Waals surface area contributed by atoms with Gasteiger partial charge in [-0.05, 0) is 61.7 Å². The average molecular weight is 391 g/mol. The van der Waals surface area contributed by atoms with Crippen molar-refractivity contribution in [3.8, 4) is 5.69 Å². The molecule has 0 fully saturated rings. The van der Waals surface area contributed by atoms with E-state index in [1.54, 1.807) is 35.1 Å². The second kappa shape index (κ2) is 9.19. The van der Waals surface area contributed by atoms with Crippen LogP contribution in [-0.2, 0) is 16.0 Å². The van der Waals surface area contributed by atoms with Crippen molar-refractivity contribution in [3.05, 3.63) is 83.2 Å². The molecule has 3 rings (SSSR count). The van der Waals surface area contributed by atoms with Crippen molar-refractivity contribution in [2.75, 3.05) is 6.61 Å². The molecule has 0 saturated carbocycles. The van der Waals surface area contributed by atoms with Gasteiger partial charge in [0.1, 0.15) is 0 Å². The van der Waals surface area contributed by atoms with Gasteiger partial charge in [-0.2, -0.15) is 5.10 Å². The van der Waals surface area contributed by atoms with Gasteiger partial charge in [-0.1, -0.05) is 31.2 Å². The maximum atomic E-state index is 12.2. The third kappa shape index (κ3) is 5.10. The van der Waals surface area contributed by atoms with E-state index < -0.39 is 5.97 Å². The Hall–Kier alpha value is -3.41. The van der Waals surface area contributed by atoms with E-state index in [4.69, 9.17) is 4.74 Å². The molecule has 0 unspecified atom stereocenters. The van der Waals surface area contributed by atoms with Crippen molar-refractivity contribution < 1.29 is 14.3 Å². The molecule has 1 heterocycles. The highest BCUT2D eigenvalue weighted by molar-refractivity contribution is 5.91. The minimum atomic E-state index is -0.538. The Balaban J connectivity index is 1.51. The predicted octanol–water partition coefficient (Wildman–Crippen LogP) is 3.78. The van der Waals surface area contributed by atoms with Crippen molar-refractivity contribution in [1.82, 2.24) is 15.1 Å². The number of rotatable bonds is 7. The minimum absolute atomic E-state index is 0.163. The summed E-state index contributed by atoms with van der Waals surface area (Å²) in [5.74, 6) is -0.877. The van der Waals surface area contributed by atoms with Crippen LogP contribution in [0.25, 0.3) is 5.69 Å². The maximum Gasteiger partial charge on any atom is 0.338 e. The number of carbonyl (C=O) groups excluding carboxylic acids is 2. The molecule has 6 heteroatoms. The van der Waals surface area contributed by atoms with Crippen LogP contribution in [0.4, 0.5) is 0 Å². The number of benzene rings is 2. The van der Waals surface area contributed by atoms with Crippen LogP contribution in [0.1, 0.15) is 47.1 Å². The van der Waals surface area contributed by atoms with Crippen molar-refractivity contribution in [2.24, 2.45) is 0 Å². The second-order valence-electron chi connectivity index (χ2n) is 6.89. The summed E-state index contributed by atoms with van der Waals surface area (Å²) in [7, 11) is 0. The quantitative estimate of drug-likeness (QED) is 0.622. The number of esters is 1. The van der Waals surface area contributed by atoms with Gasteiger partial charge >= 0.3 is 5.97 Å². The smallest absolute Gasteiger partial charge is 0.338 e. The third-order valence-corrected chi connectivity index (χ3v) is 4.78. The lowest BCUT2D eigenvalue weighted by Gasteiger charge is -2.15. The SMILES string of the molecule is CCc1ccc([C@H](C)NC(=O)COC(=O)c2ccc(-n3nccc3C)cc2)cc1. The molecule has 0 aliphatic rings. The molecule has 1 N–H and O–H groups in total. The molecule has 0 bridgehead atoms. The van der Waals surface area contributed by atoms with Crippen molar-refractivity contribution in [1.29, 1.82) is 0 Å². The largest absolute Gasteiger partial charge is 0.452 e. The van der Waals surface area contributed by atoms with Crippen molar-refractivity contribution in [3.63, 3.8) is 0 Å². The number of aromatic nitrogens is 2. The minimum Gasteiger partial charge on any atom is -0.452 e. The van der Waals surface area contributed by atoms with E-state index in [9.17, 15) is 9.59 Å². The molecule has 6 nitrogen and oxygen atoms in total. The molecular formula is C23H25N3O3. The Kier molecular flexibility index (Phi) is 6.44. The van der Waals surface area contributed by atoms with Gasteiger partial charge in [0, 0.05) is 11.9 Å². The van der Waals surface area contributed by atoms with Gasteiger partial charge in [-0.25, -0.2) is 9.48 Å². The molecule has 0 aliphatic heterocycles. The number of aryl methyl sites for hydroxylation is 2. The number of amides is 1. The highest BCUT2D eigenvalue weighted by atomic mass is 16.5. The molecule has 3 aromatic rings. The first-order valence-corrected chi connectivity index (χ1v) is 9.64. The highest BCUT2D eigenvalue weighted by Crippen LogP contribution is 2.14. The Bertz CT molecular complexity index is 975. The number of ether oxygens (including phenoxy) is 1. The zero-order chi connectivity index (χ0) is 20.8. The Morgan fingerprint density at radius 1 is 1.07 bits per heavy atom. The van der Waals surface area contributed by atoms with E-state index in [0.717, 1.165) is 23.4 Å². The monoisotopic (exact) mass is 391 g/mol. The van der Waals surface area contributed by atoms with Gasteiger partial charge in [0.2, 0.25) is 0 Å². The van der Waals surface area contributed by atoms with Gasteiger partial charge in [0.15, 0.2) is 6.61 Å². The summed E-state index contributed by atoms with van der Waals surface area (Å²) in [6.45, 7) is 5.63. The standard InChI is InChI=1S/C23H25N3O3/c1-4-18-5-7-19(8-6-18)17(3)25-22(27)15-29-23(28)20-9-11-21(12-10-20)26-16(2)13-14-24-26/h5-14,17H,4,15H2,1-3H3,(H,25,27)/t17-/m0/s1. The van der Waals surface area contributed by atoms with Gasteiger partial charge in [-0.3, -0.25) is 4.79 Å². The molecule has 1 amide bonds. The fraction of sp³-hybridized carbons (Fsp3) is 0.261. The highest BCUT2D eigenvalue weighted by Gasteiger charge is 2.13. The van der Waals surface area contributed by atoms with Crippen LogP contribution >= 0.6 is 0 Å². The molecule has 0 saturated heterocycles. The molecule has 1 atom stereocenters. The summed E-state index contributed by atoms with van der Waals surface area (Å²) in [5, 5.41) is 7.08. The maximum absolute atomic E-state index is 12.2. The fourth-order valence-corrected chi connectivity index (χ4v) is 3.00. The summed E-state index contributed by atoms with van der Waals surface area (Å²) in [6, 6.07) is 16.7. The van der Waals surface area contributed by atoms with E-state index in [2.05, 4.69) is 17.3 Å². The normalized spacial score (nSPS) is 11.7. The molecular weight excluding hydrogens is 366 g/mol. The van der Waals surface area contributed by atoms with Crippen LogP contribution in [0.2, 0.25) is 0 Å². The van der Waals surface area contributed by atoms with Crippen LogP contribution in [0, 0.1) is 6.92 Å². The molecule has 29 heavy (non-hydrogen) atoms. The Morgan fingerprint density at radius 3 is 2.34 bits per heavy atom. The van der Waals surface area contributed by atoms with Crippen molar-refractivity contribution in [2.45, 2.75) is 33.2 Å². The van der Waals surface area contributed by atoms with Crippen LogP contribution < -0.4 is 5.32 Å². The predicted molar refractivity (Wildman–Crippen MR) is 111 cm³/mol. The second-order valence-corrected chi connectivity index (χ2v) is 6.89. The van der Waals surface area contributed by atoms with Gasteiger partial charge in [-0.15, -0.1) is 0 Å². The summed E-state index contributed by atoms with van der Waals surface area (Å²) in [5.41, 5.74) is 4.48. The lowest BCUT2D eigenvalue weighted by Crippen LogP contribution is -2.31. The lowest BCUT2D eigenvalue weighted by molar-refractivity contribution is -0.124. The van der Waals surface area contributed by atoms with E-state index in [-0.39, 0.29) is 18.6 Å². The zero-order valence-corrected chi connectivity index (χ0v) is 16.9. The van der Waals surface area contributed by atoms with E-state index >= 15 is 0 Å². The van der Waals surface area contributed by atoms with E-state index in [1.165, 1.54) is 5.56 Å². The molecule has 2 aromatic carbocycles. The number of hydrogen-bond donors (Lipinski definition) is 1. The van der Waals surface area contributed by atoms with Crippen LogP contribution in [-0.4, -0.2) is 28.3 Å². The number of nitrogens with one attached hydrogen (secondary N) is 1. The molecule has 0 radical (unpaired) electrons. The summed E-state index contributed by atoms with van der Waals surface area (Å²) in [4.78, 5) is 24.3. The summed E-state index contributed by atoms with van der Waals surface area (Å²) in [6.07, 6.45) is 2.69. The van der Waals surface area contributed by atoms with Crippen molar-refractivity contribution >= 4 is 11.9 Å². The van der Waals surface area contributed by atoms with Crippen LogP contribution in [0.5, 0.6) is 0 Å². The first-order chi connectivity index (χ1) is 14.0. The van der Waals surface area contributed by atoms with Crippen LogP contribution in [0.15, 0.2) is 60.8 Å². The van der Waals surface area contributed by atoms with E-state index in [0.29, 0.717) is 5.56 Å². The van der Waals surface area contributed by atoms with E-state index in [1.807, 2.05) is 44.2 Å². The summed E-state index contributed by atoms with van der Waals surface area (Å²) < 4.78 is 6.92. The third-order valence-electron chi connectivity index (χ3n) is 4.78. The van der Waals surface area contributed by atoms with Gasteiger partial charge in [0.25, 0.3) is 5.91 Å². The number of carbonyl (C=O) groups is 2. The van der Waals surface area contributed by atoms with Crippen LogP contribution in [0.3, 0.4) is 0 Å². The molecule has 0 spiro atoms. The number of nitrogens with zero attached hydrogens (tertiary/aromatic N) is 2. The molecule has 150 valence electrons. The Morgan fingerprint density at radius 2 is 1.76 bits per heavy atom. The fourth-order valence-electron chi connectivity index (χ4n) is 3.00. The van der Waals surface area contributed by atoms with Gasteiger partial charge in [0.05, 0.1) is 17.3 Å². The first-order valence-electron chi connectivity index (χ1n) is 9.64. The topological polar surface area (TPSA) is 73.2 Å². The Labute approximate surface area is 170 Å².